The minimum absolute atomic E-state index is 0.0218. The summed E-state index contributed by atoms with van der Waals surface area (Å²) in [7, 11) is -4.02. The molecule has 0 saturated carbocycles. The van der Waals surface area contributed by atoms with Crippen LogP contribution in [0.4, 0.5) is 10.1 Å². The van der Waals surface area contributed by atoms with E-state index < -0.39 is 15.9 Å². The minimum atomic E-state index is -4.02. The Bertz CT molecular complexity index is 1400. The first-order valence-electron chi connectivity index (χ1n) is 10.4. The van der Waals surface area contributed by atoms with E-state index in [9.17, 15) is 17.6 Å². The van der Waals surface area contributed by atoms with Crippen molar-refractivity contribution in [3.8, 4) is 0 Å². The fraction of sp³-hybridized carbons (Fsp3) is 0.120. The number of hydrogen-bond acceptors (Lipinski definition) is 4. The third-order valence-electron chi connectivity index (χ3n) is 5.29. The van der Waals surface area contributed by atoms with E-state index in [1.807, 2.05) is 6.92 Å². The molecule has 1 heterocycles. The van der Waals surface area contributed by atoms with Crippen molar-refractivity contribution in [2.75, 3.05) is 4.72 Å². The van der Waals surface area contributed by atoms with E-state index in [-0.39, 0.29) is 28.0 Å². The molecule has 0 aliphatic heterocycles. The van der Waals surface area contributed by atoms with Gasteiger partial charge in [0.2, 0.25) is 0 Å². The van der Waals surface area contributed by atoms with Crippen LogP contribution in [0.1, 0.15) is 35.3 Å². The van der Waals surface area contributed by atoms with Crippen molar-refractivity contribution in [2.45, 2.75) is 24.3 Å². The van der Waals surface area contributed by atoms with Gasteiger partial charge in [-0.2, -0.15) is 0 Å². The zero-order valence-electron chi connectivity index (χ0n) is 17.8. The van der Waals surface area contributed by atoms with Crippen LogP contribution in [0.2, 0.25) is 0 Å². The normalized spacial score (nSPS) is 12.3. The summed E-state index contributed by atoms with van der Waals surface area (Å²) >= 11 is 0. The third-order valence-corrected chi connectivity index (χ3v) is 6.68. The lowest BCUT2D eigenvalue weighted by Crippen LogP contribution is -2.29. The zero-order chi connectivity index (χ0) is 23.4. The monoisotopic (exact) mass is 463 g/mol. The van der Waals surface area contributed by atoms with Crippen molar-refractivity contribution in [3.63, 3.8) is 0 Å². The van der Waals surface area contributed by atoms with E-state index >= 15 is 0 Å². The lowest BCUT2D eigenvalue weighted by Gasteiger charge is -2.19. The maximum atomic E-state index is 13.3. The van der Waals surface area contributed by atoms with Gasteiger partial charge in [0.1, 0.15) is 10.7 Å². The molecule has 4 rings (SSSR count). The number of carbonyl (C=O) groups is 1. The first-order chi connectivity index (χ1) is 15.9. The molecule has 0 radical (unpaired) electrons. The first-order valence-corrected chi connectivity index (χ1v) is 11.9. The molecule has 168 valence electrons. The van der Waals surface area contributed by atoms with E-state index in [0.717, 1.165) is 5.56 Å². The van der Waals surface area contributed by atoms with Gasteiger partial charge in [0.15, 0.2) is 0 Å². The van der Waals surface area contributed by atoms with Gasteiger partial charge in [0, 0.05) is 11.6 Å². The summed E-state index contributed by atoms with van der Waals surface area (Å²) in [5, 5.41) is 3.60. The van der Waals surface area contributed by atoms with Crippen LogP contribution in [-0.4, -0.2) is 19.3 Å². The highest BCUT2D eigenvalue weighted by atomic mass is 32.2. The van der Waals surface area contributed by atoms with Crippen LogP contribution in [0.15, 0.2) is 90.0 Å². The van der Waals surface area contributed by atoms with Crippen LogP contribution in [0, 0.1) is 5.82 Å². The molecule has 0 aliphatic rings. The third kappa shape index (κ3) is 4.85. The molecule has 0 saturated heterocycles. The smallest absolute Gasteiger partial charge is 0.264 e. The number of anilines is 1. The molecule has 0 aliphatic carbocycles. The highest BCUT2D eigenvalue weighted by molar-refractivity contribution is 7.93. The van der Waals surface area contributed by atoms with Crippen LogP contribution >= 0.6 is 0 Å². The molecule has 4 aromatic rings. The predicted molar refractivity (Wildman–Crippen MR) is 126 cm³/mol. The van der Waals surface area contributed by atoms with Gasteiger partial charge in [-0.3, -0.25) is 14.5 Å². The zero-order valence-corrected chi connectivity index (χ0v) is 18.6. The molecule has 6 nitrogen and oxygen atoms in total. The van der Waals surface area contributed by atoms with Crippen molar-refractivity contribution in [2.24, 2.45) is 0 Å². The molecule has 1 amide bonds. The van der Waals surface area contributed by atoms with Crippen LogP contribution in [0.3, 0.4) is 0 Å². The number of hydrogen-bond donors (Lipinski definition) is 2. The highest BCUT2D eigenvalue weighted by Crippen LogP contribution is 2.26. The Morgan fingerprint density at radius 1 is 0.970 bits per heavy atom. The minimum Gasteiger partial charge on any atom is -0.345 e. The molecule has 0 spiro atoms. The number of nitrogens with one attached hydrogen (secondary N) is 2. The Morgan fingerprint density at radius 2 is 1.70 bits per heavy atom. The lowest BCUT2D eigenvalue weighted by atomic mass is 10.0. The van der Waals surface area contributed by atoms with Gasteiger partial charge in [0.25, 0.3) is 15.9 Å². The van der Waals surface area contributed by atoms with Crippen molar-refractivity contribution >= 4 is 32.5 Å². The molecule has 2 N–H and O–H groups in total. The summed E-state index contributed by atoms with van der Waals surface area (Å²) in [4.78, 5) is 17.3. The van der Waals surface area contributed by atoms with E-state index in [4.69, 9.17) is 0 Å². The summed E-state index contributed by atoms with van der Waals surface area (Å²) in [5.41, 5.74) is 1.43. The maximum Gasteiger partial charge on any atom is 0.264 e. The average Bonchev–Trinajstić information content (AvgIpc) is 2.82. The van der Waals surface area contributed by atoms with Crippen LogP contribution in [0.5, 0.6) is 0 Å². The number of rotatable bonds is 7. The number of para-hydroxylation sites is 2. The molecule has 33 heavy (non-hydrogen) atoms. The van der Waals surface area contributed by atoms with Gasteiger partial charge in [-0.05, 0) is 48.4 Å². The Kier molecular flexibility index (Phi) is 6.37. The number of nitrogens with zero attached hydrogens (tertiary/aromatic N) is 1. The Morgan fingerprint density at radius 3 is 2.45 bits per heavy atom. The molecule has 0 fully saturated rings. The molecular formula is C25H22FN3O3S. The fourth-order valence-corrected chi connectivity index (χ4v) is 4.88. The number of pyridine rings is 1. The largest absolute Gasteiger partial charge is 0.345 e. The molecular weight excluding hydrogens is 441 g/mol. The summed E-state index contributed by atoms with van der Waals surface area (Å²) in [6, 6.07) is 20.3. The molecule has 8 heteroatoms. The molecule has 3 aromatic carbocycles. The summed E-state index contributed by atoms with van der Waals surface area (Å²) < 4.78 is 42.2. The van der Waals surface area contributed by atoms with E-state index in [1.54, 1.807) is 54.6 Å². The molecule has 1 unspecified atom stereocenters. The maximum absolute atomic E-state index is 13.3. The van der Waals surface area contributed by atoms with Crippen LogP contribution in [0.25, 0.3) is 10.9 Å². The van der Waals surface area contributed by atoms with Crippen LogP contribution in [-0.2, 0) is 10.0 Å². The van der Waals surface area contributed by atoms with Gasteiger partial charge in [0.05, 0.1) is 22.8 Å². The van der Waals surface area contributed by atoms with Crippen molar-refractivity contribution in [3.05, 3.63) is 102 Å². The number of sulfonamides is 1. The number of aromatic nitrogens is 1. The SMILES string of the molecule is CCC(NC(=O)c1ccccc1NS(=O)(=O)c1cccc2cccnc12)c1ccc(F)cc1. The number of halogens is 1. The molecule has 1 atom stereocenters. The van der Waals surface area contributed by atoms with Crippen molar-refractivity contribution in [1.82, 2.24) is 10.3 Å². The van der Waals surface area contributed by atoms with Gasteiger partial charge in [-0.1, -0.05) is 49.4 Å². The quantitative estimate of drug-likeness (QED) is 0.401. The average molecular weight is 464 g/mol. The predicted octanol–water partition coefficient (Wildman–Crippen LogP) is 5.06. The van der Waals surface area contributed by atoms with Gasteiger partial charge >= 0.3 is 0 Å². The van der Waals surface area contributed by atoms with Gasteiger partial charge < -0.3 is 5.32 Å². The second-order valence-corrected chi connectivity index (χ2v) is 9.12. The number of benzene rings is 3. The molecule has 0 bridgehead atoms. The van der Waals surface area contributed by atoms with E-state index in [1.165, 1.54) is 30.5 Å². The van der Waals surface area contributed by atoms with Crippen molar-refractivity contribution in [1.29, 1.82) is 0 Å². The number of carbonyl (C=O) groups excluding carboxylic acids is 1. The second-order valence-electron chi connectivity index (χ2n) is 7.47. The van der Waals surface area contributed by atoms with E-state index in [2.05, 4.69) is 15.0 Å². The Hall–Kier alpha value is -3.78. The molecule has 1 aromatic heterocycles. The highest BCUT2D eigenvalue weighted by Gasteiger charge is 2.22. The summed E-state index contributed by atoms with van der Waals surface area (Å²) in [6.45, 7) is 1.90. The number of fused-ring (bicyclic) bond motifs is 1. The topological polar surface area (TPSA) is 88.2 Å². The van der Waals surface area contributed by atoms with Crippen LogP contribution < -0.4 is 10.0 Å². The standard InChI is InChI=1S/C25H22FN3O3S/c1-2-21(17-12-14-19(26)15-13-17)28-25(30)20-9-3-4-10-22(20)29-33(31,32)23-11-5-7-18-8-6-16-27-24(18)23/h3-16,21,29H,2H2,1H3,(H,28,30). The van der Waals surface area contributed by atoms with Crippen molar-refractivity contribution < 1.29 is 17.6 Å². The summed E-state index contributed by atoms with van der Waals surface area (Å²) in [5.74, 6) is -0.803. The first kappa shape index (κ1) is 22.4. The van der Waals surface area contributed by atoms with Gasteiger partial charge in [-0.15, -0.1) is 0 Å². The van der Waals surface area contributed by atoms with E-state index in [0.29, 0.717) is 17.3 Å². The Balaban J connectivity index is 1.63. The second kappa shape index (κ2) is 9.38. The lowest BCUT2D eigenvalue weighted by molar-refractivity contribution is 0.0936. The number of amides is 1. The summed E-state index contributed by atoms with van der Waals surface area (Å²) in [6.07, 6.45) is 2.11. The Labute approximate surface area is 191 Å². The fourth-order valence-electron chi connectivity index (χ4n) is 3.62. The van der Waals surface area contributed by atoms with Gasteiger partial charge in [-0.25, -0.2) is 12.8 Å².